The third-order valence-corrected chi connectivity index (χ3v) is 5.22. The maximum Gasteiger partial charge on any atom is 0.307 e. The fourth-order valence-electron chi connectivity index (χ4n) is 2.37. The molecule has 1 amide bonds. The number of hydrogen-bond donors (Lipinski definition) is 1. The van der Waals surface area contributed by atoms with Gasteiger partial charge in [0.05, 0.1) is 29.0 Å². The van der Waals surface area contributed by atoms with Crippen LogP contribution in [0.5, 0.6) is 11.5 Å². The van der Waals surface area contributed by atoms with Crippen molar-refractivity contribution in [2.45, 2.75) is 0 Å². The molecule has 9 heteroatoms. The van der Waals surface area contributed by atoms with Crippen molar-refractivity contribution in [3.8, 4) is 11.5 Å². The lowest BCUT2D eigenvalue weighted by molar-refractivity contribution is 0.0929. The van der Waals surface area contributed by atoms with Gasteiger partial charge in [-0.3, -0.25) is 4.79 Å². The van der Waals surface area contributed by atoms with E-state index in [-0.39, 0.29) is 5.76 Å². The van der Waals surface area contributed by atoms with Crippen LogP contribution >= 0.6 is 50.1 Å². The standard InChI is InChI=1S/C18H13BrClIN2O4/c1-25-14-5-10(12(20)7-15(14)26-2)8-22-23-18(24)16-4-9-3-11(19)6-13(21)17(9)27-16/h3-8H,1-2H3,(H,23,24)/b22-8-. The first kappa shape index (κ1) is 20.0. The van der Waals surface area contributed by atoms with Crippen molar-refractivity contribution >= 4 is 73.2 Å². The van der Waals surface area contributed by atoms with Crippen molar-refractivity contribution in [2.24, 2.45) is 5.10 Å². The molecule has 0 aliphatic rings. The van der Waals surface area contributed by atoms with Crippen molar-refractivity contribution in [3.63, 3.8) is 0 Å². The van der Waals surface area contributed by atoms with Crippen LogP contribution in [-0.2, 0) is 0 Å². The van der Waals surface area contributed by atoms with E-state index in [1.54, 1.807) is 18.2 Å². The Morgan fingerprint density at radius 1 is 1.22 bits per heavy atom. The number of carbonyl (C=O) groups is 1. The van der Waals surface area contributed by atoms with E-state index in [0.717, 1.165) is 13.4 Å². The number of carbonyl (C=O) groups excluding carboxylic acids is 1. The summed E-state index contributed by atoms with van der Waals surface area (Å²) < 4.78 is 17.9. The zero-order valence-electron chi connectivity index (χ0n) is 14.2. The molecule has 2 aromatic carbocycles. The summed E-state index contributed by atoms with van der Waals surface area (Å²) in [6, 6.07) is 8.73. The maximum atomic E-state index is 12.3. The number of amides is 1. The lowest BCUT2D eigenvalue weighted by atomic mass is 10.2. The average molecular weight is 564 g/mol. The normalized spacial score (nSPS) is 11.1. The molecule has 0 saturated heterocycles. The Bertz CT molecular complexity index is 1050. The molecule has 0 saturated carbocycles. The van der Waals surface area contributed by atoms with Crippen LogP contribution in [0.1, 0.15) is 16.1 Å². The van der Waals surface area contributed by atoms with Gasteiger partial charge in [-0.1, -0.05) is 27.5 Å². The summed E-state index contributed by atoms with van der Waals surface area (Å²) in [6.07, 6.45) is 1.42. The smallest absolute Gasteiger partial charge is 0.307 e. The summed E-state index contributed by atoms with van der Waals surface area (Å²) in [5.41, 5.74) is 3.64. The van der Waals surface area contributed by atoms with E-state index in [2.05, 4.69) is 49.0 Å². The van der Waals surface area contributed by atoms with Gasteiger partial charge < -0.3 is 13.9 Å². The second kappa shape index (κ2) is 8.49. The molecule has 0 unspecified atom stereocenters. The summed E-state index contributed by atoms with van der Waals surface area (Å²) in [6.45, 7) is 0. The molecule has 1 heterocycles. The summed E-state index contributed by atoms with van der Waals surface area (Å²) in [7, 11) is 3.05. The van der Waals surface area contributed by atoms with Crippen LogP contribution < -0.4 is 14.9 Å². The molecule has 0 atom stereocenters. The van der Waals surface area contributed by atoms with Crippen LogP contribution in [0.15, 0.2) is 44.3 Å². The topological polar surface area (TPSA) is 73.1 Å². The number of furan rings is 1. The molecule has 1 N–H and O–H groups in total. The largest absolute Gasteiger partial charge is 0.493 e. The first-order valence-electron chi connectivity index (χ1n) is 7.56. The van der Waals surface area contributed by atoms with Gasteiger partial charge in [-0.2, -0.15) is 5.10 Å². The number of fused-ring (bicyclic) bond motifs is 1. The molecule has 1 aromatic heterocycles. The SMILES string of the molecule is COc1cc(Cl)c(/C=N\NC(=O)c2cc3cc(Br)cc(I)c3o2)cc1OC. The third kappa shape index (κ3) is 4.39. The lowest BCUT2D eigenvalue weighted by Crippen LogP contribution is -2.16. The number of hydrazone groups is 1. The van der Waals surface area contributed by atoms with Crippen LogP contribution in [0.3, 0.4) is 0 Å². The summed E-state index contributed by atoms with van der Waals surface area (Å²) in [5, 5.41) is 5.18. The highest BCUT2D eigenvalue weighted by atomic mass is 127. The van der Waals surface area contributed by atoms with Gasteiger partial charge in [0, 0.05) is 21.5 Å². The number of methoxy groups -OCH3 is 2. The number of halogens is 3. The quantitative estimate of drug-likeness (QED) is 0.262. The number of ether oxygens (including phenoxy) is 2. The highest BCUT2D eigenvalue weighted by Crippen LogP contribution is 2.32. The van der Waals surface area contributed by atoms with E-state index < -0.39 is 5.91 Å². The molecule has 0 fully saturated rings. The van der Waals surface area contributed by atoms with Crippen LogP contribution in [0, 0.1) is 3.57 Å². The fraction of sp³-hybridized carbons (Fsp3) is 0.111. The monoisotopic (exact) mass is 562 g/mol. The average Bonchev–Trinajstić information content (AvgIpc) is 3.07. The Balaban J connectivity index is 1.79. The van der Waals surface area contributed by atoms with Crippen LogP contribution in [0.4, 0.5) is 0 Å². The minimum absolute atomic E-state index is 0.163. The molecular formula is C18H13BrClIN2O4. The fourth-order valence-corrected chi connectivity index (χ4v) is 4.24. The first-order chi connectivity index (χ1) is 12.9. The van der Waals surface area contributed by atoms with Crippen molar-refractivity contribution in [2.75, 3.05) is 14.2 Å². The molecule has 0 spiro atoms. The van der Waals surface area contributed by atoms with Crippen molar-refractivity contribution in [1.29, 1.82) is 0 Å². The molecule has 0 radical (unpaired) electrons. The number of rotatable bonds is 5. The van der Waals surface area contributed by atoms with Crippen LogP contribution in [-0.4, -0.2) is 26.3 Å². The van der Waals surface area contributed by atoms with E-state index in [1.807, 2.05) is 12.1 Å². The number of nitrogens with one attached hydrogen (secondary N) is 1. The summed E-state index contributed by atoms with van der Waals surface area (Å²) in [5.74, 6) is 0.710. The van der Waals surface area contributed by atoms with Gasteiger partial charge in [-0.05, 0) is 46.9 Å². The van der Waals surface area contributed by atoms with E-state index in [4.69, 9.17) is 25.5 Å². The molecular weight excluding hydrogens is 550 g/mol. The molecule has 27 heavy (non-hydrogen) atoms. The molecule has 0 aliphatic carbocycles. The van der Waals surface area contributed by atoms with Gasteiger partial charge in [-0.25, -0.2) is 5.43 Å². The highest BCUT2D eigenvalue weighted by Gasteiger charge is 2.14. The molecule has 3 aromatic rings. The van der Waals surface area contributed by atoms with Gasteiger partial charge in [0.15, 0.2) is 17.3 Å². The van der Waals surface area contributed by atoms with Gasteiger partial charge in [0.2, 0.25) is 0 Å². The molecule has 0 bridgehead atoms. The Hall–Kier alpha value is -1.78. The second-order valence-electron chi connectivity index (χ2n) is 5.34. The second-order valence-corrected chi connectivity index (χ2v) is 7.83. The lowest BCUT2D eigenvalue weighted by Gasteiger charge is -2.09. The van der Waals surface area contributed by atoms with Gasteiger partial charge >= 0.3 is 5.91 Å². The Morgan fingerprint density at radius 3 is 2.63 bits per heavy atom. The Morgan fingerprint density at radius 2 is 1.93 bits per heavy atom. The Kier molecular flexibility index (Phi) is 6.28. The Labute approximate surface area is 182 Å². The molecule has 6 nitrogen and oxygen atoms in total. The zero-order valence-corrected chi connectivity index (χ0v) is 18.7. The van der Waals surface area contributed by atoms with Gasteiger partial charge in [0.1, 0.15) is 5.58 Å². The molecule has 3 rings (SSSR count). The third-order valence-electron chi connectivity index (χ3n) is 3.63. The van der Waals surface area contributed by atoms with Crippen LogP contribution in [0.2, 0.25) is 5.02 Å². The number of benzene rings is 2. The van der Waals surface area contributed by atoms with Crippen LogP contribution in [0.25, 0.3) is 11.0 Å². The molecule has 140 valence electrons. The minimum Gasteiger partial charge on any atom is -0.493 e. The van der Waals surface area contributed by atoms with E-state index >= 15 is 0 Å². The van der Waals surface area contributed by atoms with Crippen molar-refractivity contribution in [3.05, 3.63) is 54.7 Å². The summed E-state index contributed by atoms with van der Waals surface area (Å²) >= 11 is 11.8. The van der Waals surface area contributed by atoms with E-state index in [1.165, 1.54) is 20.4 Å². The molecule has 0 aliphatic heterocycles. The predicted octanol–water partition coefficient (Wildman–Crippen LogP) is 5.23. The first-order valence-corrected chi connectivity index (χ1v) is 9.81. The van der Waals surface area contributed by atoms with Gasteiger partial charge in [0.25, 0.3) is 0 Å². The van der Waals surface area contributed by atoms with E-state index in [0.29, 0.717) is 27.7 Å². The van der Waals surface area contributed by atoms with Gasteiger partial charge in [-0.15, -0.1) is 0 Å². The highest BCUT2D eigenvalue weighted by molar-refractivity contribution is 14.1. The van der Waals surface area contributed by atoms with Crippen molar-refractivity contribution in [1.82, 2.24) is 5.43 Å². The van der Waals surface area contributed by atoms with Crippen molar-refractivity contribution < 1.29 is 18.7 Å². The van der Waals surface area contributed by atoms with E-state index in [9.17, 15) is 4.79 Å². The number of nitrogens with zero attached hydrogens (tertiary/aromatic N) is 1. The maximum absolute atomic E-state index is 12.3. The zero-order chi connectivity index (χ0) is 19.6. The summed E-state index contributed by atoms with van der Waals surface area (Å²) in [4.78, 5) is 12.3. The number of hydrogen-bond acceptors (Lipinski definition) is 5. The predicted molar refractivity (Wildman–Crippen MR) is 116 cm³/mol. The minimum atomic E-state index is -0.467.